The van der Waals surface area contributed by atoms with Crippen LogP contribution in [0.25, 0.3) is 20.7 Å². The third kappa shape index (κ3) is 4.06. The van der Waals surface area contributed by atoms with Crippen molar-refractivity contribution in [2.24, 2.45) is 0 Å². The second-order valence-corrected chi connectivity index (χ2v) is 8.45. The number of thiophene rings is 1. The lowest BCUT2D eigenvalue weighted by molar-refractivity contribution is -0.130. The summed E-state index contributed by atoms with van der Waals surface area (Å²) < 4.78 is 5.18. The second kappa shape index (κ2) is 8.80. The van der Waals surface area contributed by atoms with Crippen LogP contribution in [0.4, 0.5) is 5.82 Å². The van der Waals surface area contributed by atoms with Gasteiger partial charge in [-0.2, -0.15) is 0 Å². The summed E-state index contributed by atoms with van der Waals surface area (Å²) in [5.41, 5.74) is 1.12. The number of anilines is 1. The van der Waals surface area contributed by atoms with Crippen LogP contribution in [0.2, 0.25) is 0 Å². The van der Waals surface area contributed by atoms with Crippen LogP contribution in [-0.4, -0.2) is 64.3 Å². The minimum Gasteiger partial charge on any atom is -0.459 e. The van der Waals surface area contributed by atoms with Gasteiger partial charge in [0.15, 0.2) is 5.76 Å². The van der Waals surface area contributed by atoms with Gasteiger partial charge in [-0.1, -0.05) is 30.3 Å². The topological polar surface area (TPSA) is 91.6 Å². The number of rotatable bonds is 5. The predicted molar refractivity (Wildman–Crippen MR) is 123 cm³/mol. The van der Waals surface area contributed by atoms with E-state index in [1.165, 1.54) is 12.6 Å². The molecule has 1 aliphatic rings. The Bertz CT molecular complexity index is 1230. The van der Waals surface area contributed by atoms with Crippen molar-refractivity contribution in [3.63, 3.8) is 0 Å². The predicted octanol–water partition coefficient (Wildman–Crippen LogP) is 3.35. The van der Waals surface area contributed by atoms with Gasteiger partial charge in [-0.05, 0) is 23.8 Å². The van der Waals surface area contributed by atoms with Crippen LogP contribution in [0.5, 0.6) is 0 Å². The third-order valence-corrected chi connectivity index (χ3v) is 6.54. The molecule has 1 N–H and O–H groups in total. The molecule has 1 saturated heterocycles. The first kappa shape index (κ1) is 20.2. The van der Waals surface area contributed by atoms with Crippen molar-refractivity contribution < 1.29 is 14.0 Å². The van der Waals surface area contributed by atoms with Gasteiger partial charge in [0.25, 0.3) is 5.91 Å². The summed E-state index contributed by atoms with van der Waals surface area (Å²) in [6.07, 6.45) is 3.00. The molecule has 1 fully saturated rings. The number of nitrogens with zero attached hydrogens (tertiary/aromatic N) is 4. The minimum absolute atomic E-state index is 0.0274. The number of nitrogens with one attached hydrogen (secondary N) is 1. The van der Waals surface area contributed by atoms with Crippen LogP contribution in [0.3, 0.4) is 0 Å². The van der Waals surface area contributed by atoms with Gasteiger partial charge in [-0.3, -0.25) is 9.59 Å². The summed E-state index contributed by atoms with van der Waals surface area (Å²) in [4.78, 5) is 39.3. The van der Waals surface area contributed by atoms with Crippen molar-refractivity contribution >= 4 is 39.2 Å². The van der Waals surface area contributed by atoms with Gasteiger partial charge < -0.3 is 19.5 Å². The average Bonchev–Trinajstić information content (AvgIpc) is 3.53. The third-order valence-electron chi connectivity index (χ3n) is 5.45. The largest absolute Gasteiger partial charge is 0.459 e. The highest BCUT2D eigenvalue weighted by atomic mass is 32.1. The molecule has 0 bridgehead atoms. The van der Waals surface area contributed by atoms with Crippen LogP contribution < -0.4 is 5.32 Å². The second-order valence-electron chi connectivity index (χ2n) is 7.42. The van der Waals surface area contributed by atoms with E-state index in [1.807, 2.05) is 18.2 Å². The van der Waals surface area contributed by atoms with Crippen molar-refractivity contribution in [2.75, 3.05) is 38.0 Å². The molecule has 9 heteroatoms. The molecule has 3 aromatic heterocycles. The Morgan fingerprint density at radius 2 is 1.78 bits per heavy atom. The fourth-order valence-electron chi connectivity index (χ4n) is 3.73. The van der Waals surface area contributed by atoms with Gasteiger partial charge in [0.1, 0.15) is 17.0 Å². The molecule has 8 nitrogen and oxygen atoms in total. The highest BCUT2D eigenvalue weighted by Crippen LogP contribution is 2.34. The standard InChI is InChI=1S/C23H21N5O3S/c29-20(27-8-10-28(11-9-27)23(30)18-7-4-12-31-18)14-24-21-17-13-19(16-5-2-1-3-6-16)32-22(17)26-15-25-21/h1-7,12-13,15H,8-11,14H2,(H,24,25,26). The van der Waals surface area contributed by atoms with Crippen LogP contribution in [0, 0.1) is 0 Å². The molecule has 0 atom stereocenters. The van der Waals surface area contributed by atoms with E-state index in [9.17, 15) is 9.59 Å². The minimum atomic E-state index is -0.143. The summed E-state index contributed by atoms with van der Waals surface area (Å²) in [6.45, 7) is 2.07. The van der Waals surface area contributed by atoms with E-state index in [2.05, 4.69) is 33.5 Å². The zero-order valence-electron chi connectivity index (χ0n) is 17.2. The lowest BCUT2D eigenvalue weighted by Crippen LogP contribution is -2.51. The number of hydrogen-bond acceptors (Lipinski definition) is 7. The zero-order chi connectivity index (χ0) is 21.9. The molecule has 162 valence electrons. The number of aromatic nitrogens is 2. The Balaban J connectivity index is 1.21. The van der Waals surface area contributed by atoms with Gasteiger partial charge >= 0.3 is 0 Å². The molecule has 32 heavy (non-hydrogen) atoms. The number of benzene rings is 1. The molecule has 5 rings (SSSR count). The monoisotopic (exact) mass is 447 g/mol. The fourth-order valence-corrected chi connectivity index (χ4v) is 4.73. The number of carbonyl (C=O) groups is 2. The van der Waals surface area contributed by atoms with E-state index < -0.39 is 0 Å². The average molecular weight is 448 g/mol. The molecule has 4 aromatic rings. The zero-order valence-corrected chi connectivity index (χ0v) is 18.0. The number of amides is 2. The lowest BCUT2D eigenvalue weighted by Gasteiger charge is -2.34. The van der Waals surface area contributed by atoms with Crippen LogP contribution >= 0.6 is 11.3 Å². The summed E-state index contributed by atoms with van der Waals surface area (Å²) in [5.74, 6) is 0.800. The molecule has 0 aliphatic carbocycles. The van der Waals surface area contributed by atoms with Crippen LogP contribution in [0.15, 0.2) is 65.5 Å². The lowest BCUT2D eigenvalue weighted by atomic mass is 10.2. The van der Waals surface area contributed by atoms with Gasteiger partial charge in [0.05, 0.1) is 18.2 Å². The van der Waals surface area contributed by atoms with Crippen molar-refractivity contribution in [2.45, 2.75) is 0 Å². The molecular weight excluding hydrogens is 426 g/mol. The smallest absolute Gasteiger partial charge is 0.289 e. The quantitative estimate of drug-likeness (QED) is 0.505. The van der Waals surface area contributed by atoms with Crippen molar-refractivity contribution in [1.82, 2.24) is 19.8 Å². The number of carbonyl (C=O) groups excluding carboxylic acids is 2. The molecule has 0 radical (unpaired) electrons. The van der Waals surface area contributed by atoms with E-state index in [1.54, 1.807) is 33.3 Å². The highest BCUT2D eigenvalue weighted by molar-refractivity contribution is 7.21. The highest BCUT2D eigenvalue weighted by Gasteiger charge is 2.26. The Morgan fingerprint density at radius 1 is 1.00 bits per heavy atom. The van der Waals surface area contributed by atoms with E-state index >= 15 is 0 Å². The number of piperazine rings is 1. The first-order chi connectivity index (χ1) is 15.7. The Morgan fingerprint density at radius 3 is 2.53 bits per heavy atom. The molecule has 0 unspecified atom stereocenters. The molecular formula is C23H21N5O3S. The normalized spacial score (nSPS) is 14.0. The molecule has 1 aliphatic heterocycles. The van der Waals surface area contributed by atoms with Crippen molar-refractivity contribution in [3.05, 3.63) is 66.9 Å². The van der Waals surface area contributed by atoms with Crippen molar-refractivity contribution in [1.29, 1.82) is 0 Å². The summed E-state index contributed by atoms with van der Waals surface area (Å²) >= 11 is 1.60. The Hall–Kier alpha value is -3.72. The molecule has 0 saturated carbocycles. The van der Waals surface area contributed by atoms with Gasteiger partial charge in [-0.15, -0.1) is 11.3 Å². The van der Waals surface area contributed by atoms with E-state index in [0.717, 1.165) is 20.7 Å². The van der Waals surface area contributed by atoms with E-state index in [4.69, 9.17) is 4.42 Å². The van der Waals surface area contributed by atoms with E-state index in [0.29, 0.717) is 37.8 Å². The molecule has 4 heterocycles. The van der Waals surface area contributed by atoms with Crippen LogP contribution in [0.1, 0.15) is 10.6 Å². The number of fused-ring (bicyclic) bond motifs is 1. The molecule has 2 amide bonds. The Labute approximate surface area is 188 Å². The maximum atomic E-state index is 12.7. The van der Waals surface area contributed by atoms with Crippen molar-refractivity contribution in [3.8, 4) is 10.4 Å². The number of furan rings is 1. The molecule has 1 aromatic carbocycles. The summed E-state index contributed by atoms with van der Waals surface area (Å²) in [6, 6.07) is 15.5. The first-order valence-corrected chi connectivity index (χ1v) is 11.1. The maximum Gasteiger partial charge on any atom is 0.289 e. The van der Waals surface area contributed by atoms with E-state index in [-0.39, 0.29) is 18.4 Å². The van der Waals surface area contributed by atoms with Gasteiger partial charge in [-0.25, -0.2) is 9.97 Å². The van der Waals surface area contributed by atoms with Gasteiger partial charge in [0.2, 0.25) is 5.91 Å². The first-order valence-electron chi connectivity index (χ1n) is 10.3. The SMILES string of the molecule is O=C(CNc1ncnc2sc(-c3ccccc3)cc12)N1CCN(C(=O)c2ccco2)CC1. The van der Waals surface area contributed by atoms with Crippen LogP contribution in [-0.2, 0) is 4.79 Å². The van der Waals surface area contributed by atoms with Gasteiger partial charge in [0, 0.05) is 31.1 Å². The summed E-state index contributed by atoms with van der Waals surface area (Å²) in [5, 5.41) is 4.08. The number of hydrogen-bond donors (Lipinski definition) is 1. The molecule has 0 spiro atoms. The Kier molecular flexibility index (Phi) is 5.55. The summed E-state index contributed by atoms with van der Waals surface area (Å²) in [7, 11) is 0. The fraction of sp³-hybridized carbons (Fsp3) is 0.217. The maximum absolute atomic E-state index is 12.7.